The highest BCUT2D eigenvalue weighted by Gasteiger charge is 2.27. The molecule has 0 radical (unpaired) electrons. The van der Waals surface area contributed by atoms with Crippen molar-refractivity contribution in [3.05, 3.63) is 35.9 Å². The van der Waals surface area contributed by atoms with E-state index in [9.17, 15) is 4.79 Å². The molecule has 1 saturated heterocycles. The smallest absolute Gasteiger partial charge is 0.232 e. The van der Waals surface area contributed by atoms with Crippen LogP contribution in [-0.4, -0.2) is 76.9 Å². The lowest BCUT2D eigenvalue weighted by atomic mass is 9.97. The molecule has 0 saturated carbocycles. The van der Waals surface area contributed by atoms with Crippen molar-refractivity contribution in [2.75, 3.05) is 60.2 Å². The summed E-state index contributed by atoms with van der Waals surface area (Å²) in [6.45, 7) is 4.45. The number of nitrogens with one attached hydrogen (secondary N) is 2. The number of hydrogen-bond donors (Lipinski definition) is 2. The molecule has 144 valence electrons. The molecule has 1 amide bonds. The number of hydrogen-bond acceptors (Lipinski definition) is 4. The maximum atomic E-state index is 13.1. The zero-order valence-electron chi connectivity index (χ0n) is 15.7. The number of amides is 1. The second-order valence-corrected chi connectivity index (χ2v) is 6.13. The Morgan fingerprint density at radius 2 is 2.00 bits per heavy atom. The van der Waals surface area contributed by atoms with E-state index in [1.54, 1.807) is 14.2 Å². The first-order chi connectivity index (χ1) is 12.8. The fraction of sp³-hybridized carbons (Fsp3) is 0.579. The number of aliphatic imine (C=N–C) groups is 1. The number of guanidine groups is 1. The lowest BCUT2D eigenvalue weighted by molar-refractivity contribution is -0.136. The highest BCUT2D eigenvalue weighted by Crippen LogP contribution is 2.18. The molecular formula is C19H30N4O3. The molecule has 0 bridgehead atoms. The van der Waals surface area contributed by atoms with Gasteiger partial charge in [-0.3, -0.25) is 9.79 Å². The number of benzene rings is 1. The fourth-order valence-electron chi connectivity index (χ4n) is 2.88. The first-order valence-corrected chi connectivity index (χ1v) is 9.11. The van der Waals surface area contributed by atoms with Gasteiger partial charge in [-0.1, -0.05) is 30.3 Å². The molecule has 0 aromatic heterocycles. The molecule has 1 atom stereocenters. The Bertz CT molecular complexity index is 559. The SMILES string of the molecule is CN=C(NCCCOC)NCC(C(=O)N1CCOCC1)c1ccccc1. The molecule has 1 aliphatic rings. The van der Waals surface area contributed by atoms with Crippen molar-refractivity contribution in [3.63, 3.8) is 0 Å². The minimum Gasteiger partial charge on any atom is -0.385 e. The van der Waals surface area contributed by atoms with Crippen molar-refractivity contribution in [2.45, 2.75) is 12.3 Å². The molecule has 7 heteroatoms. The van der Waals surface area contributed by atoms with Gasteiger partial charge in [-0.15, -0.1) is 0 Å². The van der Waals surface area contributed by atoms with Gasteiger partial charge in [0.15, 0.2) is 5.96 Å². The minimum absolute atomic E-state index is 0.127. The minimum atomic E-state index is -0.258. The number of ether oxygens (including phenoxy) is 2. The Labute approximate surface area is 155 Å². The third kappa shape index (κ3) is 6.31. The van der Waals surface area contributed by atoms with E-state index in [0.29, 0.717) is 45.4 Å². The van der Waals surface area contributed by atoms with Gasteiger partial charge in [0.05, 0.1) is 19.1 Å². The molecule has 7 nitrogen and oxygen atoms in total. The summed E-state index contributed by atoms with van der Waals surface area (Å²) in [5.74, 6) is 0.561. The highest BCUT2D eigenvalue weighted by molar-refractivity contribution is 5.86. The Morgan fingerprint density at radius 3 is 2.65 bits per heavy atom. The summed E-state index contributed by atoms with van der Waals surface area (Å²) in [4.78, 5) is 19.2. The Morgan fingerprint density at radius 1 is 1.27 bits per heavy atom. The van der Waals surface area contributed by atoms with Crippen LogP contribution in [0, 0.1) is 0 Å². The van der Waals surface area contributed by atoms with Crippen LogP contribution in [-0.2, 0) is 14.3 Å². The normalized spacial score (nSPS) is 16.2. The molecule has 0 spiro atoms. The Balaban J connectivity index is 1.98. The van der Waals surface area contributed by atoms with Crippen LogP contribution >= 0.6 is 0 Å². The van der Waals surface area contributed by atoms with Crippen molar-refractivity contribution in [3.8, 4) is 0 Å². The number of rotatable bonds is 8. The maximum Gasteiger partial charge on any atom is 0.232 e. The van der Waals surface area contributed by atoms with Crippen LogP contribution in [0.1, 0.15) is 17.9 Å². The molecule has 1 aliphatic heterocycles. The van der Waals surface area contributed by atoms with E-state index in [2.05, 4.69) is 15.6 Å². The summed E-state index contributed by atoms with van der Waals surface area (Å²) in [5, 5.41) is 6.53. The van der Waals surface area contributed by atoms with Crippen LogP contribution < -0.4 is 10.6 Å². The molecule has 1 unspecified atom stereocenters. The van der Waals surface area contributed by atoms with Crippen LogP contribution in [0.25, 0.3) is 0 Å². The number of nitrogens with zero attached hydrogens (tertiary/aromatic N) is 2. The number of carbonyl (C=O) groups is 1. The molecule has 1 fully saturated rings. The van der Waals surface area contributed by atoms with Gasteiger partial charge in [-0.25, -0.2) is 0 Å². The van der Waals surface area contributed by atoms with Gasteiger partial charge in [0.1, 0.15) is 0 Å². The number of carbonyl (C=O) groups excluding carboxylic acids is 1. The van der Waals surface area contributed by atoms with Crippen molar-refractivity contribution in [1.29, 1.82) is 0 Å². The summed E-state index contributed by atoms with van der Waals surface area (Å²) < 4.78 is 10.4. The first kappa shape index (κ1) is 20.2. The van der Waals surface area contributed by atoms with Crippen LogP contribution in [0.5, 0.6) is 0 Å². The topological polar surface area (TPSA) is 75.2 Å². The predicted molar refractivity (Wildman–Crippen MR) is 102 cm³/mol. The first-order valence-electron chi connectivity index (χ1n) is 9.11. The van der Waals surface area contributed by atoms with Crippen LogP contribution in [0.3, 0.4) is 0 Å². The van der Waals surface area contributed by atoms with Crippen LogP contribution in [0.15, 0.2) is 35.3 Å². The zero-order valence-corrected chi connectivity index (χ0v) is 15.7. The van der Waals surface area contributed by atoms with E-state index < -0.39 is 0 Å². The molecule has 1 heterocycles. The fourth-order valence-corrected chi connectivity index (χ4v) is 2.88. The predicted octanol–water partition coefficient (Wildman–Crippen LogP) is 0.831. The van der Waals surface area contributed by atoms with E-state index in [1.165, 1.54) is 0 Å². The van der Waals surface area contributed by atoms with Crippen LogP contribution in [0.4, 0.5) is 0 Å². The van der Waals surface area contributed by atoms with Crippen LogP contribution in [0.2, 0.25) is 0 Å². The zero-order chi connectivity index (χ0) is 18.6. The molecular weight excluding hydrogens is 332 g/mol. The molecule has 0 aliphatic carbocycles. The Kier molecular flexibility index (Phi) is 8.92. The molecule has 26 heavy (non-hydrogen) atoms. The van der Waals surface area contributed by atoms with Gasteiger partial charge in [0, 0.05) is 46.9 Å². The highest BCUT2D eigenvalue weighted by atomic mass is 16.5. The maximum absolute atomic E-state index is 13.1. The molecule has 1 aromatic carbocycles. The molecule has 2 N–H and O–H groups in total. The third-order valence-corrected chi connectivity index (χ3v) is 4.34. The standard InChI is InChI=1S/C19H30N4O3/c1-20-19(21-9-6-12-25-2)22-15-17(16-7-4-3-5-8-16)18(24)23-10-13-26-14-11-23/h3-5,7-8,17H,6,9-15H2,1-2H3,(H2,20,21,22). The number of morpholine rings is 1. The Hall–Kier alpha value is -2.12. The lowest BCUT2D eigenvalue weighted by Gasteiger charge is -2.31. The van der Waals surface area contributed by atoms with Gasteiger partial charge in [-0.2, -0.15) is 0 Å². The van der Waals surface area contributed by atoms with Crippen molar-refractivity contribution in [1.82, 2.24) is 15.5 Å². The van der Waals surface area contributed by atoms with Gasteiger partial charge in [-0.05, 0) is 12.0 Å². The van der Waals surface area contributed by atoms with E-state index in [-0.39, 0.29) is 11.8 Å². The summed E-state index contributed by atoms with van der Waals surface area (Å²) in [5.41, 5.74) is 1.01. The largest absolute Gasteiger partial charge is 0.385 e. The van der Waals surface area contributed by atoms with Crippen molar-refractivity contribution in [2.24, 2.45) is 4.99 Å². The second-order valence-electron chi connectivity index (χ2n) is 6.13. The second kappa shape index (κ2) is 11.5. The third-order valence-electron chi connectivity index (χ3n) is 4.34. The summed E-state index contributed by atoms with van der Waals surface area (Å²) >= 11 is 0. The average molecular weight is 362 g/mol. The van der Waals surface area contributed by atoms with Crippen molar-refractivity contribution >= 4 is 11.9 Å². The van der Waals surface area contributed by atoms with E-state index >= 15 is 0 Å². The van der Waals surface area contributed by atoms with E-state index in [1.807, 2.05) is 35.2 Å². The van der Waals surface area contributed by atoms with Gasteiger partial charge >= 0.3 is 0 Å². The summed E-state index contributed by atoms with van der Waals surface area (Å²) in [6, 6.07) is 9.89. The van der Waals surface area contributed by atoms with Gasteiger partial charge in [0.2, 0.25) is 5.91 Å². The molecule has 1 aromatic rings. The average Bonchev–Trinajstić information content (AvgIpc) is 2.71. The van der Waals surface area contributed by atoms with Gasteiger partial charge in [0.25, 0.3) is 0 Å². The van der Waals surface area contributed by atoms with Gasteiger partial charge < -0.3 is 25.0 Å². The summed E-state index contributed by atoms with van der Waals surface area (Å²) in [6.07, 6.45) is 0.895. The number of methoxy groups -OCH3 is 1. The quantitative estimate of drug-likeness (QED) is 0.407. The van der Waals surface area contributed by atoms with Crippen molar-refractivity contribution < 1.29 is 14.3 Å². The molecule has 2 rings (SSSR count). The monoisotopic (exact) mass is 362 g/mol. The van der Waals surface area contributed by atoms with E-state index in [4.69, 9.17) is 9.47 Å². The van der Waals surface area contributed by atoms with E-state index in [0.717, 1.165) is 18.5 Å². The lowest BCUT2D eigenvalue weighted by Crippen LogP contribution is -2.47. The summed E-state index contributed by atoms with van der Waals surface area (Å²) in [7, 11) is 3.42.